The van der Waals surface area contributed by atoms with E-state index in [2.05, 4.69) is 20.4 Å². The lowest BCUT2D eigenvalue weighted by molar-refractivity contribution is 0.191. The van der Waals surface area contributed by atoms with Gasteiger partial charge < -0.3 is 19.5 Å². The van der Waals surface area contributed by atoms with Gasteiger partial charge in [0.2, 0.25) is 5.89 Å². The van der Waals surface area contributed by atoms with E-state index in [4.69, 9.17) is 9.26 Å². The number of methoxy groups -OCH3 is 1. The second-order valence-corrected chi connectivity index (χ2v) is 6.87. The van der Waals surface area contributed by atoms with E-state index in [-0.39, 0.29) is 18.6 Å². The van der Waals surface area contributed by atoms with Crippen molar-refractivity contribution in [2.45, 2.75) is 39.8 Å². The first kappa shape index (κ1) is 18.3. The van der Waals surface area contributed by atoms with Gasteiger partial charge in [-0.05, 0) is 20.8 Å². The summed E-state index contributed by atoms with van der Waals surface area (Å²) in [5, 5.41) is 7.61. The number of thiazole rings is 1. The van der Waals surface area contributed by atoms with E-state index in [9.17, 15) is 4.79 Å². The summed E-state index contributed by atoms with van der Waals surface area (Å²) in [4.78, 5) is 23.8. The maximum absolute atomic E-state index is 12.3. The van der Waals surface area contributed by atoms with Crippen LogP contribution < -0.4 is 5.32 Å². The third-order valence-electron chi connectivity index (χ3n) is 3.67. The maximum atomic E-state index is 12.3. The van der Waals surface area contributed by atoms with Crippen molar-refractivity contribution < 1.29 is 14.1 Å². The van der Waals surface area contributed by atoms with Crippen LogP contribution in [0.1, 0.15) is 40.3 Å². The summed E-state index contributed by atoms with van der Waals surface area (Å²) in [6, 6.07) is -0.334. The summed E-state index contributed by atoms with van der Waals surface area (Å²) in [7, 11) is 3.36. The van der Waals surface area contributed by atoms with Crippen LogP contribution in [-0.4, -0.2) is 46.8 Å². The highest BCUT2D eigenvalue weighted by molar-refractivity contribution is 7.11. The minimum absolute atomic E-state index is 0.116. The van der Waals surface area contributed by atoms with Crippen molar-refractivity contribution in [2.75, 3.05) is 20.8 Å². The molecule has 132 valence electrons. The summed E-state index contributed by atoms with van der Waals surface area (Å²) < 4.78 is 10.1. The fourth-order valence-electron chi connectivity index (χ4n) is 2.22. The van der Waals surface area contributed by atoms with Crippen molar-refractivity contribution >= 4 is 17.4 Å². The first-order chi connectivity index (χ1) is 11.4. The molecule has 0 aliphatic rings. The molecule has 9 heteroatoms. The fraction of sp³-hybridized carbons (Fsp3) is 0.600. The normalized spacial score (nSPS) is 12.2. The van der Waals surface area contributed by atoms with Crippen molar-refractivity contribution in [3.63, 3.8) is 0 Å². The SMILES string of the molecule is COCCc1noc(CNC(=O)N(C)[C@H](C)c2nc(C)sc2C)n1. The number of rotatable bonds is 7. The molecule has 2 aromatic heterocycles. The molecule has 1 N–H and O–H groups in total. The number of nitrogens with zero attached hydrogens (tertiary/aromatic N) is 4. The highest BCUT2D eigenvalue weighted by Gasteiger charge is 2.22. The van der Waals surface area contributed by atoms with Crippen molar-refractivity contribution in [1.82, 2.24) is 25.3 Å². The molecule has 0 unspecified atom stereocenters. The van der Waals surface area contributed by atoms with Crippen LogP contribution in [0.5, 0.6) is 0 Å². The second-order valence-electron chi connectivity index (χ2n) is 5.47. The summed E-state index contributed by atoms with van der Waals surface area (Å²) in [6.45, 7) is 6.65. The number of hydrogen-bond donors (Lipinski definition) is 1. The molecule has 0 radical (unpaired) electrons. The van der Waals surface area contributed by atoms with Crippen molar-refractivity contribution in [1.29, 1.82) is 0 Å². The molecular weight excluding hydrogens is 330 g/mol. The second kappa shape index (κ2) is 8.20. The number of urea groups is 1. The Morgan fingerprint density at radius 2 is 2.17 bits per heavy atom. The Kier molecular flexibility index (Phi) is 6.27. The Bertz CT molecular complexity index is 684. The summed E-state index contributed by atoms with van der Waals surface area (Å²) in [5.41, 5.74) is 0.926. The van der Waals surface area contributed by atoms with Gasteiger partial charge in [0.25, 0.3) is 0 Å². The van der Waals surface area contributed by atoms with Crippen LogP contribution in [0, 0.1) is 13.8 Å². The van der Waals surface area contributed by atoms with E-state index in [1.165, 1.54) is 0 Å². The highest BCUT2D eigenvalue weighted by Crippen LogP contribution is 2.25. The number of hydrogen-bond acceptors (Lipinski definition) is 7. The van der Waals surface area contributed by atoms with E-state index in [1.54, 1.807) is 30.4 Å². The van der Waals surface area contributed by atoms with Gasteiger partial charge in [-0.2, -0.15) is 4.98 Å². The van der Waals surface area contributed by atoms with Gasteiger partial charge in [0, 0.05) is 25.5 Å². The van der Waals surface area contributed by atoms with Gasteiger partial charge in [-0.25, -0.2) is 9.78 Å². The Labute approximate surface area is 145 Å². The lowest BCUT2D eigenvalue weighted by Crippen LogP contribution is -2.38. The fourth-order valence-corrected chi connectivity index (χ4v) is 3.13. The molecule has 2 heterocycles. The number of aryl methyl sites for hydroxylation is 2. The molecule has 1 atom stereocenters. The molecular formula is C15H23N5O3S. The lowest BCUT2D eigenvalue weighted by atomic mass is 10.2. The Morgan fingerprint density at radius 3 is 2.79 bits per heavy atom. The Morgan fingerprint density at radius 1 is 1.42 bits per heavy atom. The third-order valence-corrected chi connectivity index (χ3v) is 4.57. The van der Waals surface area contributed by atoms with Gasteiger partial charge in [-0.1, -0.05) is 5.16 Å². The first-order valence-electron chi connectivity index (χ1n) is 7.67. The Balaban J connectivity index is 1.89. The predicted octanol–water partition coefficient (Wildman–Crippen LogP) is 2.23. The number of aromatic nitrogens is 3. The van der Waals surface area contributed by atoms with Gasteiger partial charge in [0.05, 0.1) is 29.9 Å². The van der Waals surface area contributed by atoms with E-state index in [0.717, 1.165) is 15.6 Å². The zero-order valence-corrected chi connectivity index (χ0v) is 15.4. The first-order valence-corrected chi connectivity index (χ1v) is 8.49. The van der Waals surface area contributed by atoms with Gasteiger partial charge >= 0.3 is 6.03 Å². The molecule has 24 heavy (non-hydrogen) atoms. The average Bonchev–Trinajstić information content (AvgIpc) is 3.15. The van der Waals surface area contributed by atoms with Crippen LogP contribution in [0.4, 0.5) is 4.79 Å². The van der Waals surface area contributed by atoms with Crippen molar-refractivity contribution in [3.8, 4) is 0 Å². The van der Waals surface area contributed by atoms with Crippen LogP contribution in [0.15, 0.2) is 4.52 Å². The average molecular weight is 353 g/mol. The number of amides is 2. The Hall–Kier alpha value is -2.00. The molecule has 0 saturated carbocycles. The maximum Gasteiger partial charge on any atom is 0.318 e. The largest absolute Gasteiger partial charge is 0.384 e. The molecule has 2 aromatic rings. The van der Waals surface area contributed by atoms with E-state index in [0.29, 0.717) is 24.7 Å². The summed E-state index contributed by atoms with van der Waals surface area (Å²) in [6.07, 6.45) is 0.577. The molecule has 0 aliphatic heterocycles. The van der Waals surface area contributed by atoms with E-state index in [1.807, 2.05) is 20.8 Å². The minimum atomic E-state index is -0.218. The third kappa shape index (κ3) is 4.51. The van der Waals surface area contributed by atoms with Crippen LogP contribution in [-0.2, 0) is 17.7 Å². The topological polar surface area (TPSA) is 93.4 Å². The van der Waals surface area contributed by atoms with E-state index < -0.39 is 0 Å². The molecule has 0 spiro atoms. The van der Waals surface area contributed by atoms with Crippen LogP contribution in [0.25, 0.3) is 0 Å². The molecule has 0 aromatic carbocycles. The lowest BCUT2D eigenvalue weighted by Gasteiger charge is -2.24. The molecule has 0 fully saturated rings. The molecule has 2 rings (SSSR count). The number of nitrogens with one attached hydrogen (secondary N) is 1. The van der Waals surface area contributed by atoms with Gasteiger partial charge in [-0.3, -0.25) is 0 Å². The van der Waals surface area contributed by atoms with Gasteiger partial charge in [0.15, 0.2) is 5.82 Å². The summed E-state index contributed by atoms with van der Waals surface area (Å²) in [5.74, 6) is 0.938. The van der Waals surface area contributed by atoms with Gasteiger partial charge in [-0.15, -0.1) is 11.3 Å². The molecule has 0 bridgehead atoms. The van der Waals surface area contributed by atoms with Crippen LogP contribution in [0.3, 0.4) is 0 Å². The quantitative estimate of drug-likeness (QED) is 0.820. The van der Waals surface area contributed by atoms with Gasteiger partial charge in [0.1, 0.15) is 0 Å². The van der Waals surface area contributed by atoms with Crippen LogP contribution >= 0.6 is 11.3 Å². The number of ether oxygens (including phenoxy) is 1. The predicted molar refractivity (Wildman–Crippen MR) is 89.9 cm³/mol. The molecule has 8 nitrogen and oxygen atoms in total. The van der Waals surface area contributed by atoms with E-state index >= 15 is 0 Å². The summed E-state index contributed by atoms with van der Waals surface area (Å²) >= 11 is 1.63. The zero-order valence-electron chi connectivity index (χ0n) is 14.6. The minimum Gasteiger partial charge on any atom is -0.384 e. The molecule has 0 aliphatic carbocycles. The zero-order chi connectivity index (χ0) is 17.7. The smallest absolute Gasteiger partial charge is 0.318 e. The van der Waals surface area contributed by atoms with Crippen molar-refractivity contribution in [3.05, 3.63) is 27.3 Å². The molecule has 0 saturated heterocycles. The highest BCUT2D eigenvalue weighted by atomic mass is 32.1. The number of carbonyl (C=O) groups is 1. The number of carbonyl (C=O) groups excluding carboxylic acids is 1. The van der Waals surface area contributed by atoms with Crippen LogP contribution in [0.2, 0.25) is 0 Å². The standard InChI is InChI=1S/C15H23N5O3S/c1-9(14-10(2)24-11(3)17-14)20(4)15(21)16-8-13-18-12(19-23-13)6-7-22-5/h9H,6-8H2,1-5H3,(H,16,21)/t9-/m1/s1. The van der Waals surface area contributed by atoms with Crippen molar-refractivity contribution in [2.24, 2.45) is 0 Å². The monoisotopic (exact) mass is 353 g/mol. The molecule has 2 amide bonds.